The van der Waals surface area contributed by atoms with E-state index in [1.807, 2.05) is 18.2 Å². The maximum atomic E-state index is 10.6. The SMILES string of the molecule is CCN(Cc1ccccn1)c1ncc(C=O)s1. The van der Waals surface area contributed by atoms with Gasteiger partial charge < -0.3 is 4.90 Å². The van der Waals surface area contributed by atoms with Gasteiger partial charge in [0, 0.05) is 12.7 Å². The summed E-state index contributed by atoms with van der Waals surface area (Å²) in [6.07, 6.45) is 4.21. The first kappa shape index (κ1) is 11.7. The molecule has 0 bridgehead atoms. The van der Waals surface area contributed by atoms with Gasteiger partial charge in [-0.1, -0.05) is 17.4 Å². The third-order valence-electron chi connectivity index (χ3n) is 2.36. The molecule has 0 spiro atoms. The van der Waals surface area contributed by atoms with Crippen molar-refractivity contribution in [3.63, 3.8) is 0 Å². The van der Waals surface area contributed by atoms with Gasteiger partial charge in [-0.3, -0.25) is 9.78 Å². The minimum atomic E-state index is 0.652. The summed E-state index contributed by atoms with van der Waals surface area (Å²) >= 11 is 1.40. The predicted octanol–water partition coefficient (Wildman–Crippen LogP) is 2.38. The highest BCUT2D eigenvalue weighted by Crippen LogP contribution is 2.22. The van der Waals surface area contributed by atoms with Crippen molar-refractivity contribution in [2.75, 3.05) is 11.4 Å². The zero-order chi connectivity index (χ0) is 12.1. The fourth-order valence-corrected chi connectivity index (χ4v) is 2.27. The summed E-state index contributed by atoms with van der Waals surface area (Å²) in [6, 6.07) is 5.85. The van der Waals surface area contributed by atoms with E-state index in [1.165, 1.54) is 11.3 Å². The Balaban J connectivity index is 2.14. The highest BCUT2D eigenvalue weighted by molar-refractivity contribution is 7.17. The van der Waals surface area contributed by atoms with Gasteiger partial charge in [0.05, 0.1) is 23.3 Å². The van der Waals surface area contributed by atoms with Crippen molar-refractivity contribution < 1.29 is 4.79 Å². The van der Waals surface area contributed by atoms with Crippen molar-refractivity contribution >= 4 is 22.8 Å². The molecule has 0 radical (unpaired) electrons. The second kappa shape index (κ2) is 5.54. The van der Waals surface area contributed by atoms with E-state index in [9.17, 15) is 4.79 Å². The number of carbonyl (C=O) groups is 1. The van der Waals surface area contributed by atoms with Crippen LogP contribution in [0.4, 0.5) is 5.13 Å². The number of nitrogens with zero attached hydrogens (tertiary/aromatic N) is 3. The van der Waals surface area contributed by atoms with E-state index in [0.717, 1.165) is 23.7 Å². The molecule has 0 N–H and O–H groups in total. The molecule has 0 aliphatic heterocycles. The molecule has 0 atom stereocenters. The number of anilines is 1. The first-order chi connectivity index (χ1) is 8.33. The van der Waals surface area contributed by atoms with Crippen LogP contribution in [-0.4, -0.2) is 22.8 Å². The van der Waals surface area contributed by atoms with Crippen LogP contribution in [0, 0.1) is 0 Å². The molecule has 0 aliphatic rings. The van der Waals surface area contributed by atoms with E-state index < -0.39 is 0 Å². The summed E-state index contributed by atoms with van der Waals surface area (Å²) in [5, 5.41) is 0.861. The number of aldehydes is 1. The zero-order valence-electron chi connectivity index (χ0n) is 9.54. The lowest BCUT2D eigenvalue weighted by Crippen LogP contribution is -2.22. The molecule has 0 unspecified atom stereocenters. The summed E-state index contributed by atoms with van der Waals surface area (Å²) in [4.78, 5) is 21.9. The molecule has 17 heavy (non-hydrogen) atoms. The van der Waals surface area contributed by atoms with Gasteiger partial charge in [0.25, 0.3) is 0 Å². The minimum Gasteiger partial charge on any atom is -0.342 e. The second-order valence-corrected chi connectivity index (χ2v) is 4.54. The van der Waals surface area contributed by atoms with Crippen molar-refractivity contribution in [3.8, 4) is 0 Å². The highest BCUT2D eigenvalue weighted by atomic mass is 32.1. The highest BCUT2D eigenvalue weighted by Gasteiger charge is 2.10. The smallest absolute Gasteiger partial charge is 0.186 e. The molecule has 2 rings (SSSR count). The van der Waals surface area contributed by atoms with Crippen molar-refractivity contribution in [1.82, 2.24) is 9.97 Å². The van der Waals surface area contributed by atoms with Gasteiger partial charge in [0.1, 0.15) is 0 Å². The fourth-order valence-electron chi connectivity index (χ4n) is 1.48. The summed E-state index contributed by atoms with van der Waals surface area (Å²) in [7, 11) is 0. The first-order valence-corrected chi connectivity index (χ1v) is 6.21. The number of hydrogen-bond donors (Lipinski definition) is 0. The molecule has 5 heteroatoms. The molecule has 2 heterocycles. The number of carbonyl (C=O) groups excluding carboxylic acids is 1. The van der Waals surface area contributed by atoms with E-state index >= 15 is 0 Å². The standard InChI is InChI=1S/C12H13N3OS/c1-2-15(8-10-5-3-4-6-13-10)12-14-7-11(9-16)17-12/h3-7,9H,2,8H2,1H3. The van der Waals surface area contributed by atoms with E-state index in [2.05, 4.69) is 21.8 Å². The summed E-state index contributed by atoms with van der Waals surface area (Å²) < 4.78 is 0. The van der Waals surface area contributed by atoms with E-state index in [-0.39, 0.29) is 0 Å². The van der Waals surface area contributed by atoms with Gasteiger partial charge in [-0.05, 0) is 19.1 Å². The Morgan fingerprint density at radius 2 is 2.29 bits per heavy atom. The monoisotopic (exact) mass is 247 g/mol. The van der Waals surface area contributed by atoms with Gasteiger partial charge in [-0.2, -0.15) is 0 Å². The van der Waals surface area contributed by atoms with Crippen molar-refractivity contribution in [2.45, 2.75) is 13.5 Å². The molecule has 2 aromatic heterocycles. The summed E-state index contributed by atoms with van der Waals surface area (Å²) in [5.41, 5.74) is 0.997. The van der Waals surface area contributed by atoms with Crippen molar-refractivity contribution in [1.29, 1.82) is 0 Å². The molecule has 4 nitrogen and oxygen atoms in total. The number of aromatic nitrogens is 2. The first-order valence-electron chi connectivity index (χ1n) is 5.39. The normalized spacial score (nSPS) is 10.2. The maximum Gasteiger partial charge on any atom is 0.186 e. The average molecular weight is 247 g/mol. The molecule has 2 aromatic rings. The number of thiazole rings is 1. The lowest BCUT2D eigenvalue weighted by Gasteiger charge is -2.18. The van der Waals surface area contributed by atoms with Crippen LogP contribution in [0.3, 0.4) is 0 Å². The second-order valence-electron chi connectivity index (χ2n) is 3.50. The Kier molecular flexibility index (Phi) is 3.82. The van der Waals surface area contributed by atoms with Gasteiger partial charge in [0.2, 0.25) is 0 Å². The van der Waals surface area contributed by atoms with Gasteiger partial charge in [-0.15, -0.1) is 0 Å². The van der Waals surface area contributed by atoms with Crippen LogP contribution in [-0.2, 0) is 6.54 Å². The molecular weight excluding hydrogens is 234 g/mol. The quantitative estimate of drug-likeness (QED) is 0.761. The Labute approximate surface area is 104 Å². The lowest BCUT2D eigenvalue weighted by atomic mass is 10.3. The van der Waals surface area contributed by atoms with Crippen LogP contribution >= 0.6 is 11.3 Å². The van der Waals surface area contributed by atoms with Crippen LogP contribution in [0.15, 0.2) is 30.6 Å². The Bertz CT molecular complexity index is 484. The van der Waals surface area contributed by atoms with Crippen LogP contribution in [0.1, 0.15) is 22.3 Å². The van der Waals surface area contributed by atoms with Gasteiger partial charge in [0.15, 0.2) is 11.4 Å². The number of hydrogen-bond acceptors (Lipinski definition) is 5. The lowest BCUT2D eigenvalue weighted by molar-refractivity contribution is 0.112. The Morgan fingerprint density at radius 3 is 2.88 bits per heavy atom. The molecular formula is C12H13N3OS. The van der Waals surface area contributed by atoms with E-state index in [1.54, 1.807) is 12.4 Å². The van der Waals surface area contributed by atoms with Crippen molar-refractivity contribution in [3.05, 3.63) is 41.2 Å². The molecule has 0 fully saturated rings. The molecule has 0 aliphatic carbocycles. The summed E-state index contributed by atoms with van der Waals surface area (Å²) in [5.74, 6) is 0. The topological polar surface area (TPSA) is 46.1 Å². The van der Waals surface area contributed by atoms with E-state index in [4.69, 9.17) is 0 Å². The van der Waals surface area contributed by atoms with Gasteiger partial charge in [-0.25, -0.2) is 4.98 Å². The number of pyridine rings is 1. The van der Waals surface area contributed by atoms with Gasteiger partial charge >= 0.3 is 0 Å². The summed E-state index contributed by atoms with van der Waals surface area (Å²) in [6.45, 7) is 3.61. The third kappa shape index (κ3) is 2.88. The van der Waals surface area contributed by atoms with Crippen molar-refractivity contribution in [2.24, 2.45) is 0 Å². The fraction of sp³-hybridized carbons (Fsp3) is 0.250. The molecule has 0 aromatic carbocycles. The predicted molar refractivity (Wildman–Crippen MR) is 68.5 cm³/mol. The molecule has 88 valence electrons. The average Bonchev–Trinajstić information content (AvgIpc) is 2.86. The van der Waals surface area contributed by atoms with Crippen LogP contribution in [0.5, 0.6) is 0 Å². The molecule has 0 saturated heterocycles. The van der Waals surface area contributed by atoms with E-state index in [0.29, 0.717) is 11.4 Å². The van der Waals surface area contributed by atoms with Crippen LogP contribution < -0.4 is 4.90 Å². The number of rotatable bonds is 5. The Morgan fingerprint density at radius 1 is 1.41 bits per heavy atom. The third-order valence-corrected chi connectivity index (χ3v) is 3.34. The van der Waals surface area contributed by atoms with Crippen LogP contribution in [0.2, 0.25) is 0 Å². The zero-order valence-corrected chi connectivity index (χ0v) is 10.4. The van der Waals surface area contributed by atoms with Crippen LogP contribution in [0.25, 0.3) is 0 Å². The Hall–Kier alpha value is -1.75. The minimum absolute atomic E-state index is 0.652. The molecule has 0 amide bonds. The maximum absolute atomic E-state index is 10.6. The largest absolute Gasteiger partial charge is 0.342 e. The molecule has 0 saturated carbocycles.